The summed E-state index contributed by atoms with van der Waals surface area (Å²) < 4.78 is 2.88. The van der Waals surface area contributed by atoms with Gasteiger partial charge in [0.1, 0.15) is 0 Å². The number of halogens is 1. The molecule has 3 nitrogen and oxygen atoms in total. The Bertz CT molecular complexity index is 467. The molecule has 14 heavy (non-hydrogen) atoms. The molecular formula is C9H9AsClN3. The summed E-state index contributed by atoms with van der Waals surface area (Å²) in [6, 6.07) is 3.82. The molecule has 0 radical (unpaired) electrons. The molecule has 1 unspecified atom stereocenters. The minimum absolute atomic E-state index is 0.676. The van der Waals surface area contributed by atoms with Crippen LogP contribution in [-0.2, 0) is 7.05 Å². The summed E-state index contributed by atoms with van der Waals surface area (Å²) in [7, 11) is 1.87. The van der Waals surface area contributed by atoms with Crippen molar-refractivity contribution in [1.29, 1.82) is 0 Å². The first-order valence-corrected chi connectivity index (χ1v) is 5.67. The van der Waals surface area contributed by atoms with Gasteiger partial charge < -0.3 is 0 Å². The van der Waals surface area contributed by atoms with E-state index >= 15 is 0 Å². The van der Waals surface area contributed by atoms with Crippen molar-refractivity contribution >= 4 is 32.8 Å². The summed E-state index contributed by atoms with van der Waals surface area (Å²) in [4.78, 5) is 4.30. The molecule has 2 aromatic heterocycles. The van der Waals surface area contributed by atoms with Gasteiger partial charge in [-0.25, -0.2) is 0 Å². The first kappa shape index (κ1) is 9.75. The van der Waals surface area contributed by atoms with Gasteiger partial charge >= 0.3 is 95.6 Å². The summed E-state index contributed by atoms with van der Waals surface area (Å²) in [6.07, 6.45) is 3.56. The number of pyridine rings is 1. The van der Waals surface area contributed by atoms with Crippen molar-refractivity contribution in [3.05, 3.63) is 29.5 Å². The fourth-order valence-corrected chi connectivity index (χ4v) is 2.25. The van der Waals surface area contributed by atoms with Gasteiger partial charge in [-0.05, 0) is 0 Å². The number of hydrogen-bond acceptors (Lipinski definition) is 2. The molecular weight excluding hydrogens is 260 g/mol. The molecule has 0 saturated carbocycles. The van der Waals surface area contributed by atoms with Crippen LogP contribution in [0.4, 0.5) is 0 Å². The number of nitrogens with zero attached hydrogens (tertiary/aromatic N) is 3. The predicted octanol–water partition coefficient (Wildman–Crippen LogP) is 0.394. The SMILES string of the molecule is Cn1nccc1-c1ncc([AsH2])cc1Cl. The zero-order chi connectivity index (χ0) is 10.1. The average Bonchev–Trinajstić information content (AvgIpc) is 2.52. The molecule has 2 heterocycles. The van der Waals surface area contributed by atoms with Crippen LogP contribution in [0.15, 0.2) is 24.5 Å². The van der Waals surface area contributed by atoms with Crippen LogP contribution < -0.4 is 4.35 Å². The van der Waals surface area contributed by atoms with Crippen molar-refractivity contribution in [1.82, 2.24) is 14.8 Å². The number of hydrogen-bond donors (Lipinski definition) is 0. The van der Waals surface area contributed by atoms with Gasteiger partial charge in [-0.3, -0.25) is 0 Å². The minimum atomic E-state index is 0.676. The fourth-order valence-electron chi connectivity index (χ4n) is 1.25. The summed E-state index contributed by atoms with van der Waals surface area (Å²) in [5.41, 5.74) is 1.72. The average molecular weight is 270 g/mol. The van der Waals surface area contributed by atoms with Gasteiger partial charge in [-0.15, -0.1) is 0 Å². The molecule has 5 heteroatoms. The number of rotatable bonds is 1. The van der Waals surface area contributed by atoms with Crippen molar-refractivity contribution in [3.8, 4) is 11.4 Å². The molecule has 0 fully saturated rings. The van der Waals surface area contributed by atoms with E-state index in [1.807, 2.05) is 25.4 Å². The van der Waals surface area contributed by atoms with E-state index in [9.17, 15) is 0 Å². The first-order chi connectivity index (χ1) is 6.68. The molecule has 0 aromatic carbocycles. The van der Waals surface area contributed by atoms with Crippen LogP contribution in [0.3, 0.4) is 0 Å². The molecule has 0 aliphatic rings. The molecule has 0 N–H and O–H groups in total. The van der Waals surface area contributed by atoms with Gasteiger partial charge in [0.25, 0.3) is 0 Å². The third-order valence-corrected chi connectivity index (χ3v) is 2.88. The maximum atomic E-state index is 6.10. The summed E-state index contributed by atoms with van der Waals surface area (Å²) in [5.74, 6) is 0. The van der Waals surface area contributed by atoms with Crippen molar-refractivity contribution in [2.75, 3.05) is 0 Å². The third kappa shape index (κ3) is 1.70. The van der Waals surface area contributed by atoms with Crippen LogP contribution in [0.5, 0.6) is 0 Å². The molecule has 0 spiro atoms. The summed E-state index contributed by atoms with van der Waals surface area (Å²) >= 11 is 7.62. The van der Waals surface area contributed by atoms with Crippen LogP contribution >= 0.6 is 11.6 Å². The van der Waals surface area contributed by atoms with Crippen molar-refractivity contribution in [2.24, 2.45) is 7.05 Å². The Labute approximate surface area is 95.6 Å². The molecule has 0 bridgehead atoms. The zero-order valence-corrected chi connectivity index (χ0v) is 10.8. The van der Waals surface area contributed by atoms with E-state index < -0.39 is 0 Å². The molecule has 0 amide bonds. The van der Waals surface area contributed by atoms with Gasteiger partial charge in [0.2, 0.25) is 0 Å². The van der Waals surface area contributed by atoms with Crippen LogP contribution in [0.2, 0.25) is 5.02 Å². The Kier molecular flexibility index (Phi) is 2.62. The van der Waals surface area contributed by atoms with E-state index in [1.54, 1.807) is 10.9 Å². The van der Waals surface area contributed by atoms with Crippen molar-refractivity contribution < 1.29 is 0 Å². The molecule has 1 atom stereocenters. The zero-order valence-electron chi connectivity index (χ0n) is 7.61. The molecule has 0 aliphatic heterocycles. The van der Waals surface area contributed by atoms with E-state index in [0.717, 1.165) is 15.7 Å². The van der Waals surface area contributed by atoms with Crippen molar-refractivity contribution in [3.63, 3.8) is 0 Å². The molecule has 0 aliphatic carbocycles. The molecule has 72 valence electrons. The predicted molar refractivity (Wildman–Crippen MR) is 59.6 cm³/mol. The van der Waals surface area contributed by atoms with E-state index in [4.69, 9.17) is 11.6 Å². The number of aromatic nitrogens is 3. The van der Waals surface area contributed by atoms with Crippen LogP contribution in [-0.4, -0.2) is 31.6 Å². The van der Waals surface area contributed by atoms with Gasteiger partial charge in [0, 0.05) is 0 Å². The molecule has 2 aromatic rings. The fraction of sp³-hybridized carbons (Fsp3) is 0.111. The second-order valence-corrected chi connectivity index (χ2v) is 4.75. The summed E-state index contributed by atoms with van der Waals surface area (Å²) in [5, 5.41) is 4.75. The quantitative estimate of drug-likeness (QED) is 0.702. The second kappa shape index (κ2) is 3.76. The van der Waals surface area contributed by atoms with Crippen molar-refractivity contribution in [2.45, 2.75) is 0 Å². The van der Waals surface area contributed by atoms with Gasteiger partial charge in [0.15, 0.2) is 0 Å². The summed E-state index contributed by atoms with van der Waals surface area (Å²) in [6.45, 7) is 0. The molecule has 2 rings (SSSR count). The Balaban J connectivity index is 2.58. The van der Waals surface area contributed by atoms with Crippen LogP contribution in [0.25, 0.3) is 11.4 Å². The standard InChI is InChI=1S/C9H9AsClN3/c1-14-8(2-3-13-14)9-7(11)4-6(10)5-12-9/h2-5H,10H2,1H3. The van der Waals surface area contributed by atoms with Gasteiger partial charge in [-0.2, -0.15) is 0 Å². The van der Waals surface area contributed by atoms with Crippen LogP contribution in [0, 0.1) is 0 Å². The van der Waals surface area contributed by atoms with E-state index in [2.05, 4.69) is 10.1 Å². The Hall–Kier alpha value is -0.792. The Morgan fingerprint density at radius 2 is 2.29 bits per heavy atom. The maximum absolute atomic E-state index is 6.10. The van der Waals surface area contributed by atoms with E-state index in [1.165, 1.54) is 16.9 Å². The van der Waals surface area contributed by atoms with Gasteiger partial charge in [-0.1, -0.05) is 0 Å². The molecule has 0 saturated heterocycles. The van der Waals surface area contributed by atoms with Gasteiger partial charge in [0.05, 0.1) is 0 Å². The normalized spacial score (nSPS) is 10.5. The third-order valence-electron chi connectivity index (χ3n) is 1.93. The Morgan fingerprint density at radius 3 is 2.86 bits per heavy atom. The van der Waals surface area contributed by atoms with E-state index in [-0.39, 0.29) is 0 Å². The topological polar surface area (TPSA) is 30.7 Å². The van der Waals surface area contributed by atoms with E-state index in [0.29, 0.717) is 5.02 Å². The monoisotopic (exact) mass is 269 g/mol. The van der Waals surface area contributed by atoms with Crippen LogP contribution in [0.1, 0.15) is 0 Å². The Morgan fingerprint density at radius 1 is 1.50 bits per heavy atom. The first-order valence-electron chi connectivity index (χ1n) is 4.08. The second-order valence-electron chi connectivity index (χ2n) is 2.94. The number of aryl methyl sites for hydroxylation is 1.